The van der Waals surface area contributed by atoms with E-state index in [9.17, 15) is 18.0 Å². The summed E-state index contributed by atoms with van der Waals surface area (Å²) < 4.78 is 31.5. The number of ether oxygens (including phenoxy) is 1. The summed E-state index contributed by atoms with van der Waals surface area (Å²) in [5.74, 6) is -0.417. The first-order valence-corrected chi connectivity index (χ1v) is 8.72. The highest BCUT2D eigenvalue weighted by molar-refractivity contribution is 7.89. The molecule has 2 fully saturated rings. The summed E-state index contributed by atoms with van der Waals surface area (Å²) >= 11 is 0. The van der Waals surface area contributed by atoms with Gasteiger partial charge in [-0.1, -0.05) is 17.7 Å². The predicted octanol–water partition coefficient (Wildman–Crippen LogP) is 0.964. The minimum absolute atomic E-state index is 0.107. The fourth-order valence-electron chi connectivity index (χ4n) is 3.20. The topological polar surface area (TPSA) is 84.0 Å². The number of cyclic esters (lactones) is 1. The van der Waals surface area contributed by atoms with Gasteiger partial charge in [-0.15, -0.1) is 0 Å². The standard InChI is InChI=1S/C15H18N2O5S/c1-9-4-10(2)14(11(3)5-9)23(20,21)16-6-12(7-16)17-13(18)8-22-15(17)19/h4-5,12H,6-8H2,1-3H3. The molecule has 7 nitrogen and oxygen atoms in total. The lowest BCUT2D eigenvalue weighted by molar-refractivity contribution is -0.128. The summed E-state index contributed by atoms with van der Waals surface area (Å²) in [6.07, 6.45) is -0.695. The summed E-state index contributed by atoms with van der Waals surface area (Å²) in [4.78, 5) is 24.4. The number of benzene rings is 1. The fourth-order valence-corrected chi connectivity index (χ4v) is 5.12. The zero-order chi connectivity index (χ0) is 16.9. The number of aryl methyl sites for hydroxylation is 3. The molecule has 124 valence electrons. The van der Waals surface area contributed by atoms with Crippen molar-refractivity contribution < 1.29 is 22.7 Å². The zero-order valence-electron chi connectivity index (χ0n) is 13.2. The van der Waals surface area contributed by atoms with Crippen LogP contribution in [0.2, 0.25) is 0 Å². The lowest BCUT2D eigenvalue weighted by atomic mass is 10.1. The number of rotatable bonds is 3. The summed E-state index contributed by atoms with van der Waals surface area (Å²) in [5.41, 5.74) is 2.40. The van der Waals surface area contributed by atoms with Crippen molar-refractivity contribution >= 4 is 22.0 Å². The maximum absolute atomic E-state index is 12.8. The minimum atomic E-state index is -3.63. The van der Waals surface area contributed by atoms with Gasteiger partial charge in [0.05, 0.1) is 10.9 Å². The molecule has 0 N–H and O–H groups in total. The van der Waals surface area contributed by atoms with Crippen molar-refractivity contribution in [1.82, 2.24) is 9.21 Å². The second kappa shape index (κ2) is 5.31. The van der Waals surface area contributed by atoms with Crippen LogP contribution in [0.25, 0.3) is 0 Å². The highest BCUT2D eigenvalue weighted by atomic mass is 32.2. The molecule has 2 aliphatic rings. The molecule has 0 bridgehead atoms. The van der Waals surface area contributed by atoms with Gasteiger partial charge >= 0.3 is 6.09 Å². The van der Waals surface area contributed by atoms with E-state index in [0.717, 1.165) is 10.5 Å². The third kappa shape index (κ3) is 2.51. The number of nitrogens with zero attached hydrogens (tertiary/aromatic N) is 2. The number of hydrogen-bond acceptors (Lipinski definition) is 5. The van der Waals surface area contributed by atoms with Crippen LogP contribution in [0, 0.1) is 20.8 Å². The van der Waals surface area contributed by atoms with Gasteiger partial charge in [0.1, 0.15) is 0 Å². The molecule has 0 spiro atoms. The van der Waals surface area contributed by atoms with E-state index < -0.39 is 28.1 Å². The first kappa shape index (κ1) is 15.9. The van der Waals surface area contributed by atoms with Gasteiger partial charge in [0.25, 0.3) is 5.91 Å². The van der Waals surface area contributed by atoms with Gasteiger partial charge in [-0.2, -0.15) is 4.31 Å². The number of carbonyl (C=O) groups excluding carboxylic acids is 2. The largest absolute Gasteiger partial charge is 0.439 e. The van der Waals surface area contributed by atoms with Crippen LogP contribution < -0.4 is 0 Å². The maximum atomic E-state index is 12.8. The van der Waals surface area contributed by atoms with Gasteiger partial charge in [0.2, 0.25) is 10.0 Å². The molecule has 0 aromatic heterocycles. The predicted molar refractivity (Wildman–Crippen MR) is 81.4 cm³/mol. The number of sulfonamides is 1. The molecule has 2 amide bonds. The molecule has 1 aromatic carbocycles. The maximum Gasteiger partial charge on any atom is 0.417 e. The van der Waals surface area contributed by atoms with Crippen LogP contribution in [-0.2, 0) is 19.6 Å². The highest BCUT2D eigenvalue weighted by Crippen LogP contribution is 2.30. The number of hydrogen-bond donors (Lipinski definition) is 0. The van der Waals surface area contributed by atoms with Gasteiger partial charge in [0, 0.05) is 13.1 Å². The quantitative estimate of drug-likeness (QED) is 0.820. The highest BCUT2D eigenvalue weighted by Gasteiger charge is 2.47. The van der Waals surface area contributed by atoms with Crippen LogP contribution in [0.4, 0.5) is 4.79 Å². The monoisotopic (exact) mass is 338 g/mol. The first-order chi connectivity index (χ1) is 10.7. The van der Waals surface area contributed by atoms with Crippen molar-refractivity contribution in [2.45, 2.75) is 31.7 Å². The average molecular weight is 338 g/mol. The molecule has 1 aromatic rings. The van der Waals surface area contributed by atoms with Crippen LogP contribution >= 0.6 is 0 Å². The van der Waals surface area contributed by atoms with Crippen molar-refractivity contribution in [2.24, 2.45) is 0 Å². The molecule has 2 heterocycles. The van der Waals surface area contributed by atoms with Gasteiger partial charge < -0.3 is 4.74 Å². The van der Waals surface area contributed by atoms with Crippen molar-refractivity contribution in [3.63, 3.8) is 0 Å². The van der Waals surface area contributed by atoms with E-state index in [0.29, 0.717) is 16.0 Å². The first-order valence-electron chi connectivity index (χ1n) is 7.28. The van der Waals surface area contributed by atoms with Crippen LogP contribution in [-0.4, -0.2) is 55.4 Å². The Morgan fingerprint density at radius 3 is 2.13 bits per heavy atom. The van der Waals surface area contributed by atoms with E-state index in [4.69, 9.17) is 0 Å². The average Bonchev–Trinajstić information content (AvgIpc) is 2.67. The Hall–Kier alpha value is -1.93. The Labute approximate surface area is 134 Å². The Morgan fingerprint density at radius 1 is 1.09 bits per heavy atom. The molecule has 3 rings (SSSR count). The van der Waals surface area contributed by atoms with Gasteiger partial charge in [0.15, 0.2) is 6.61 Å². The van der Waals surface area contributed by atoms with Crippen molar-refractivity contribution in [1.29, 1.82) is 0 Å². The number of imide groups is 1. The molecular weight excluding hydrogens is 320 g/mol. The summed E-state index contributed by atoms with van der Waals surface area (Å²) in [6.45, 7) is 5.40. The number of carbonyl (C=O) groups is 2. The molecular formula is C15H18N2O5S. The molecule has 0 saturated carbocycles. The lowest BCUT2D eigenvalue weighted by Crippen LogP contribution is -2.62. The lowest BCUT2D eigenvalue weighted by Gasteiger charge is -2.41. The molecule has 0 radical (unpaired) electrons. The van der Waals surface area contributed by atoms with Crippen molar-refractivity contribution in [3.05, 3.63) is 28.8 Å². The van der Waals surface area contributed by atoms with E-state index in [2.05, 4.69) is 4.74 Å². The second-order valence-corrected chi connectivity index (χ2v) is 7.90. The SMILES string of the molecule is Cc1cc(C)c(S(=O)(=O)N2CC(N3C(=O)COC3=O)C2)c(C)c1. The Morgan fingerprint density at radius 2 is 1.65 bits per heavy atom. The third-order valence-corrected chi connectivity index (χ3v) is 6.32. The molecule has 2 saturated heterocycles. The molecule has 2 aliphatic heterocycles. The Bertz CT molecular complexity index is 757. The summed E-state index contributed by atoms with van der Waals surface area (Å²) in [5, 5.41) is 0. The number of amides is 2. The summed E-state index contributed by atoms with van der Waals surface area (Å²) in [6, 6.07) is 3.22. The third-order valence-electron chi connectivity index (χ3n) is 4.18. The van der Waals surface area contributed by atoms with Crippen LogP contribution in [0.15, 0.2) is 17.0 Å². The minimum Gasteiger partial charge on any atom is -0.439 e. The van der Waals surface area contributed by atoms with Crippen molar-refractivity contribution in [3.8, 4) is 0 Å². The smallest absolute Gasteiger partial charge is 0.417 e. The van der Waals surface area contributed by atoms with E-state index in [1.165, 1.54) is 4.31 Å². The summed E-state index contributed by atoms with van der Waals surface area (Å²) in [7, 11) is -3.63. The van der Waals surface area contributed by atoms with Crippen LogP contribution in [0.3, 0.4) is 0 Å². The molecule has 0 atom stereocenters. The van der Waals surface area contributed by atoms with Gasteiger partial charge in [-0.3, -0.25) is 4.79 Å². The molecule has 0 unspecified atom stereocenters. The van der Waals surface area contributed by atoms with Crippen molar-refractivity contribution in [2.75, 3.05) is 19.7 Å². The van der Waals surface area contributed by atoms with Gasteiger partial charge in [-0.05, 0) is 31.9 Å². The zero-order valence-corrected chi connectivity index (χ0v) is 14.0. The van der Waals surface area contributed by atoms with Crippen LogP contribution in [0.5, 0.6) is 0 Å². The van der Waals surface area contributed by atoms with E-state index >= 15 is 0 Å². The fraction of sp³-hybridized carbons (Fsp3) is 0.467. The van der Waals surface area contributed by atoms with E-state index in [1.807, 2.05) is 19.1 Å². The van der Waals surface area contributed by atoms with Crippen LogP contribution in [0.1, 0.15) is 16.7 Å². The molecule has 8 heteroatoms. The van der Waals surface area contributed by atoms with E-state index in [1.54, 1.807) is 13.8 Å². The molecule has 0 aliphatic carbocycles. The normalized spacial score (nSPS) is 19.9. The Kier molecular flexibility index (Phi) is 3.68. The van der Waals surface area contributed by atoms with E-state index in [-0.39, 0.29) is 19.7 Å². The Balaban J connectivity index is 1.82. The second-order valence-electron chi connectivity index (χ2n) is 6.02. The molecule has 23 heavy (non-hydrogen) atoms. The van der Waals surface area contributed by atoms with Gasteiger partial charge in [-0.25, -0.2) is 18.1 Å².